The van der Waals surface area contributed by atoms with Crippen molar-refractivity contribution >= 4 is 0 Å². The summed E-state index contributed by atoms with van der Waals surface area (Å²) < 4.78 is 42.1. The zero-order valence-corrected chi connectivity index (χ0v) is 14.1. The molecule has 0 radical (unpaired) electrons. The quantitative estimate of drug-likeness (QED) is 0.706. The second-order valence-electron chi connectivity index (χ2n) is 6.57. The van der Waals surface area contributed by atoms with E-state index >= 15 is 0 Å². The molecule has 3 nitrogen and oxygen atoms in total. The van der Waals surface area contributed by atoms with Crippen molar-refractivity contribution in [1.82, 2.24) is 14.5 Å². The molecule has 1 aliphatic heterocycles. The van der Waals surface area contributed by atoms with E-state index in [9.17, 15) is 13.2 Å². The number of nitrogens with zero attached hydrogens (tertiary/aromatic N) is 3. The van der Waals surface area contributed by atoms with Crippen LogP contribution in [0.3, 0.4) is 0 Å². The fourth-order valence-electron chi connectivity index (χ4n) is 3.35. The predicted molar refractivity (Wildman–Crippen MR) is 91.9 cm³/mol. The van der Waals surface area contributed by atoms with Gasteiger partial charge in [-0.15, -0.1) is 0 Å². The SMILES string of the molecule is Fc1ccc(Cc2ncc3n2CCN(Cc2ccc(F)cc2F)C3)cc1. The minimum atomic E-state index is -0.562. The first kappa shape index (κ1) is 16.8. The smallest absolute Gasteiger partial charge is 0.130 e. The van der Waals surface area contributed by atoms with Crippen LogP contribution in [0.4, 0.5) is 13.2 Å². The number of fused-ring (bicyclic) bond motifs is 1. The Balaban J connectivity index is 1.46. The van der Waals surface area contributed by atoms with Crippen LogP contribution in [0.15, 0.2) is 48.7 Å². The number of hydrogen-bond acceptors (Lipinski definition) is 2. The van der Waals surface area contributed by atoms with Gasteiger partial charge in [-0.1, -0.05) is 18.2 Å². The van der Waals surface area contributed by atoms with Crippen molar-refractivity contribution in [3.8, 4) is 0 Å². The Bertz CT molecular complexity index is 919. The maximum Gasteiger partial charge on any atom is 0.130 e. The Hall–Kier alpha value is -2.60. The predicted octanol–water partition coefficient (Wildman–Crippen LogP) is 3.91. The second kappa shape index (κ2) is 6.96. The van der Waals surface area contributed by atoms with Crippen molar-refractivity contribution in [2.24, 2.45) is 0 Å². The highest BCUT2D eigenvalue weighted by Gasteiger charge is 2.20. The number of imidazole rings is 1. The van der Waals surface area contributed by atoms with Gasteiger partial charge in [-0.25, -0.2) is 18.2 Å². The highest BCUT2D eigenvalue weighted by atomic mass is 19.1. The molecular formula is C20H18F3N3. The van der Waals surface area contributed by atoms with Crippen LogP contribution in [-0.4, -0.2) is 21.0 Å². The molecule has 0 saturated heterocycles. The molecule has 0 saturated carbocycles. The Labute approximate surface area is 149 Å². The van der Waals surface area contributed by atoms with E-state index in [1.54, 1.807) is 12.1 Å². The molecule has 1 aliphatic rings. The van der Waals surface area contributed by atoms with Gasteiger partial charge in [-0.2, -0.15) is 0 Å². The van der Waals surface area contributed by atoms with Crippen LogP contribution < -0.4 is 0 Å². The third-order valence-corrected chi connectivity index (χ3v) is 4.73. The summed E-state index contributed by atoms with van der Waals surface area (Å²) in [5.41, 5.74) is 2.57. The van der Waals surface area contributed by atoms with Crippen LogP contribution in [0, 0.1) is 17.5 Å². The number of aromatic nitrogens is 2. The number of benzene rings is 2. The van der Waals surface area contributed by atoms with Gasteiger partial charge < -0.3 is 4.57 Å². The average Bonchev–Trinajstić information content (AvgIpc) is 3.02. The number of rotatable bonds is 4. The van der Waals surface area contributed by atoms with Crippen LogP contribution in [-0.2, 0) is 26.1 Å². The highest BCUT2D eigenvalue weighted by Crippen LogP contribution is 2.20. The van der Waals surface area contributed by atoms with Crippen LogP contribution in [0.2, 0.25) is 0 Å². The lowest BCUT2D eigenvalue weighted by Crippen LogP contribution is -2.33. The van der Waals surface area contributed by atoms with Gasteiger partial charge in [0.25, 0.3) is 0 Å². The first-order valence-corrected chi connectivity index (χ1v) is 8.52. The minimum absolute atomic E-state index is 0.248. The fraction of sp³-hybridized carbons (Fsp3) is 0.250. The third kappa shape index (κ3) is 3.51. The van der Waals surface area contributed by atoms with E-state index in [0.29, 0.717) is 25.1 Å². The summed E-state index contributed by atoms with van der Waals surface area (Å²) in [4.78, 5) is 6.63. The lowest BCUT2D eigenvalue weighted by atomic mass is 10.1. The van der Waals surface area contributed by atoms with Crippen molar-refractivity contribution in [2.75, 3.05) is 6.54 Å². The van der Waals surface area contributed by atoms with Crippen LogP contribution in [0.1, 0.15) is 22.6 Å². The average molecular weight is 357 g/mol. The van der Waals surface area contributed by atoms with Gasteiger partial charge >= 0.3 is 0 Å². The molecular weight excluding hydrogens is 339 g/mol. The minimum Gasteiger partial charge on any atom is -0.329 e. The molecule has 1 aromatic heterocycles. The number of halogens is 3. The maximum atomic E-state index is 13.9. The second-order valence-corrected chi connectivity index (χ2v) is 6.57. The molecule has 0 N–H and O–H groups in total. The van der Waals surface area contributed by atoms with Gasteiger partial charge in [0.2, 0.25) is 0 Å². The van der Waals surface area contributed by atoms with Crippen molar-refractivity contribution < 1.29 is 13.2 Å². The number of hydrogen-bond donors (Lipinski definition) is 0. The molecule has 0 amide bonds. The summed E-state index contributed by atoms with van der Waals surface area (Å²) >= 11 is 0. The zero-order valence-electron chi connectivity index (χ0n) is 14.1. The van der Waals surface area contributed by atoms with E-state index in [2.05, 4.69) is 14.5 Å². The topological polar surface area (TPSA) is 21.1 Å². The lowest BCUT2D eigenvalue weighted by Gasteiger charge is -2.29. The van der Waals surface area contributed by atoms with Gasteiger partial charge in [0.15, 0.2) is 0 Å². The molecule has 134 valence electrons. The molecule has 0 aliphatic carbocycles. The lowest BCUT2D eigenvalue weighted by molar-refractivity contribution is 0.209. The summed E-state index contributed by atoms with van der Waals surface area (Å²) in [5.74, 6) is -0.378. The molecule has 0 atom stereocenters. The van der Waals surface area contributed by atoms with E-state index in [-0.39, 0.29) is 5.82 Å². The summed E-state index contributed by atoms with van der Waals surface area (Å²) in [6.07, 6.45) is 2.49. The van der Waals surface area contributed by atoms with Gasteiger partial charge in [0.1, 0.15) is 23.3 Å². The van der Waals surface area contributed by atoms with E-state index in [1.165, 1.54) is 24.3 Å². The van der Waals surface area contributed by atoms with E-state index in [0.717, 1.165) is 36.2 Å². The van der Waals surface area contributed by atoms with Gasteiger partial charge in [-0.05, 0) is 23.8 Å². The molecule has 4 rings (SSSR count). The monoisotopic (exact) mass is 357 g/mol. The van der Waals surface area contributed by atoms with E-state index in [1.807, 2.05) is 6.20 Å². The summed E-state index contributed by atoms with van der Waals surface area (Å²) in [6, 6.07) is 10.1. The highest BCUT2D eigenvalue weighted by molar-refractivity contribution is 5.22. The van der Waals surface area contributed by atoms with Gasteiger partial charge in [-0.3, -0.25) is 4.90 Å². The van der Waals surface area contributed by atoms with Crippen LogP contribution >= 0.6 is 0 Å². The van der Waals surface area contributed by atoms with Gasteiger partial charge in [0, 0.05) is 50.4 Å². The summed E-state index contributed by atoms with van der Waals surface area (Å²) in [5, 5.41) is 0. The van der Waals surface area contributed by atoms with Crippen molar-refractivity contribution in [1.29, 1.82) is 0 Å². The molecule has 0 fully saturated rings. The molecule has 0 unspecified atom stereocenters. The Morgan fingerprint density at radius 3 is 2.46 bits per heavy atom. The maximum absolute atomic E-state index is 13.9. The van der Waals surface area contributed by atoms with Crippen molar-refractivity contribution in [3.63, 3.8) is 0 Å². The fourth-order valence-corrected chi connectivity index (χ4v) is 3.35. The van der Waals surface area contributed by atoms with Crippen LogP contribution in [0.5, 0.6) is 0 Å². The summed E-state index contributed by atoms with van der Waals surface area (Å²) in [6.45, 7) is 2.61. The van der Waals surface area contributed by atoms with Gasteiger partial charge in [0.05, 0.1) is 5.69 Å². The first-order valence-electron chi connectivity index (χ1n) is 8.52. The molecule has 0 spiro atoms. The standard InChI is InChI=1S/C20H18F3N3/c21-16-4-1-14(2-5-16)9-20-24-11-18-13-25(7-8-26(18)20)12-15-3-6-17(22)10-19(15)23/h1-6,10-11H,7-9,12-13H2. The molecule has 3 aromatic rings. The van der Waals surface area contributed by atoms with Crippen molar-refractivity contribution in [2.45, 2.75) is 26.1 Å². The molecule has 6 heteroatoms. The largest absolute Gasteiger partial charge is 0.329 e. The first-order chi connectivity index (χ1) is 12.6. The van der Waals surface area contributed by atoms with E-state index < -0.39 is 11.6 Å². The Kier molecular flexibility index (Phi) is 4.51. The molecule has 26 heavy (non-hydrogen) atoms. The Morgan fingerprint density at radius 1 is 0.923 bits per heavy atom. The molecule has 2 aromatic carbocycles. The normalized spacial score (nSPS) is 14.4. The zero-order chi connectivity index (χ0) is 18.1. The molecule has 0 bridgehead atoms. The molecule has 2 heterocycles. The van der Waals surface area contributed by atoms with E-state index in [4.69, 9.17) is 0 Å². The Morgan fingerprint density at radius 2 is 1.69 bits per heavy atom. The third-order valence-electron chi connectivity index (χ3n) is 4.73. The summed E-state index contributed by atoms with van der Waals surface area (Å²) in [7, 11) is 0. The van der Waals surface area contributed by atoms with Crippen molar-refractivity contribution in [3.05, 3.63) is 88.8 Å². The van der Waals surface area contributed by atoms with Crippen LogP contribution in [0.25, 0.3) is 0 Å².